The summed E-state index contributed by atoms with van der Waals surface area (Å²) in [5.41, 5.74) is 7.45. The van der Waals surface area contributed by atoms with Gasteiger partial charge in [0.25, 0.3) is 0 Å². The second-order valence-corrected chi connectivity index (χ2v) is 1.97. The molecule has 0 spiro atoms. The molecule has 0 bridgehead atoms. The molecule has 3 N–H and O–H groups in total. The predicted octanol–water partition coefficient (Wildman–Crippen LogP) is 0.0655. The Morgan fingerprint density at radius 3 is 3.00 bits per heavy atom. The van der Waals surface area contributed by atoms with Crippen molar-refractivity contribution < 1.29 is 9.53 Å². The SMILES string of the molecule is CCOC(=O)N/N=C/C(C)N. The minimum absolute atomic E-state index is 0.170. The number of carbonyl (C=O) groups excluding carboxylic acids is 1. The molecule has 0 aliphatic rings. The van der Waals surface area contributed by atoms with E-state index in [0.717, 1.165) is 0 Å². The molecule has 0 rings (SSSR count). The van der Waals surface area contributed by atoms with Gasteiger partial charge in [-0.1, -0.05) is 0 Å². The van der Waals surface area contributed by atoms with Crippen LogP contribution in [0.5, 0.6) is 0 Å². The van der Waals surface area contributed by atoms with E-state index >= 15 is 0 Å². The van der Waals surface area contributed by atoms with Gasteiger partial charge in [0.15, 0.2) is 0 Å². The standard InChI is InChI=1S/C6H13N3O2/c1-3-11-6(10)9-8-4-5(2)7/h4-5H,3,7H2,1-2H3,(H,9,10)/b8-4+. The summed E-state index contributed by atoms with van der Waals surface area (Å²) in [4.78, 5) is 10.5. The molecule has 0 heterocycles. The van der Waals surface area contributed by atoms with E-state index in [1.165, 1.54) is 6.21 Å². The fourth-order valence-corrected chi connectivity index (χ4v) is 0.371. The van der Waals surface area contributed by atoms with Gasteiger partial charge >= 0.3 is 6.09 Å². The third-order valence-electron chi connectivity index (χ3n) is 0.741. The molecule has 0 fully saturated rings. The van der Waals surface area contributed by atoms with E-state index in [1.54, 1.807) is 13.8 Å². The van der Waals surface area contributed by atoms with Gasteiger partial charge in [-0.25, -0.2) is 10.2 Å². The van der Waals surface area contributed by atoms with Crippen LogP contribution in [0.2, 0.25) is 0 Å². The van der Waals surface area contributed by atoms with Crippen LogP contribution in [-0.2, 0) is 4.74 Å². The number of nitrogens with one attached hydrogen (secondary N) is 1. The van der Waals surface area contributed by atoms with E-state index in [0.29, 0.717) is 6.61 Å². The van der Waals surface area contributed by atoms with Crippen molar-refractivity contribution in [2.75, 3.05) is 6.61 Å². The fraction of sp³-hybridized carbons (Fsp3) is 0.667. The van der Waals surface area contributed by atoms with Crippen molar-refractivity contribution in [2.45, 2.75) is 19.9 Å². The van der Waals surface area contributed by atoms with Crippen molar-refractivity contribution in [1.82, 2.24) is 5.43 Å². The lowest BCUT2D eigenvalue weighted by Crippen LogP contribution is -2.22. The van der Waals surface area contributed by atoms with E-state index in [4.69, 9.17) is 5.73 Å². The zero-order valence-corrected chi connectivity index (χ0v) is 6.70. The quantitative estimate of drug-likeness (QED) is 0.451. The highest BCUT2D eigenvalue weighted by Gasteiger charge is 1.94. The van der Waals surface area contributed by atoms with Crippen LogP contribution >= 0.6 is 0 Å². The van der Waals surface area contributed by atoms with E-state index in [2.05, 4.69) is 15.3 Å². The Labute approximate surface area is 65.6 Å². The monoisotopic (exact) mass is 159 g/mol. The summed E-state index contributed by atoms with van der Waals surface area (Å²) >= 11 is 0. The molecule has 0 aromatic heterocycles. The highest BCUT2D eigenvalue weighted by molar-refractivity contribution is 5.70. The number of nitrogens with two attached hydrogens (primary N) is 1. The Balaban J connectivity index is 3.45. The van der Waals surface area contributed by atoms with Crippen molar-refractivity contribution in [3.8, 4) is 0 Å². The molecule has 1 atom stereocenters. The summed E-state index contributed by atoms with van der Waals surface area (Å²) in [5.74, 6) is 0. The number of amides is 1. The first kappa shape index (κ1) is 9.90. The molecule has 64 valence electrons. The van der Waals surface area contributed by atoms with Gasteiger partial charge in [-0.05, 0) is 13.8 Å². The number of hydrazone groups is 1. The topological polar surface area (TPSA) is 76.7 Å². The van der Waals surface area contributed by atoms with Crippen LogP contribution in [0.4, 0.5) is 4.79 Å². The van der Waals surface area contributed by atoms with Crippen molar-refractivity contribution in [3.05, 3.63) is 0 Å². The Kier molecular flexibility index (Phi) is 5.10. The molecule has 11 heavy (non-hydrogen) atoms. The summed E-state index contributed by atoms with van der Waals surface area (Å²) in [6.45, 7) is 3.80. The van der Waals surface area contributed by atoms with Gasteiger partial charge in [0.05, 0.1) is 6.61 Å². The highest BCUT2D eigenvalue weighted by Crippen LogP contribution is 1.75. The molecule has 0 saturated heterocycles. The fourth-order valence-electron chi connectivity index (χ4n) is 0.371. The third-order valence-corrected chi connectivity index (χ3v) is 0.741. The van der Waals surface area contributed by atoms with Gasteiger partial charge in [0.2, 0.25) is 0 Å². The molecule has 0 aliphatic heterocycles. The molecular formula is C6H13N3O2. The molecule has 5 heteroatoms. The van der Waals surface area contributed by atoms with Gasteiger partial charge in [0, 0.05) is 12.3 Å². The number of rotatable bonds is 3. The highest BCUT2D eigenvalue weighted by atomic mass is 16.5. The average molecular weight is 159 g/mol. The Morgan fingerprint density at radius 1 is 1.91 bits per heavy atom. The van der Waals surface area contributed by atoms with Crippen molar-refractivity contribution in [2.24, 2.45) is 10.8 Å². The van der Waals surface area contributed by atoms with E-state index < -0.39 is 6.09 Å². The van der Waals surface area contributed by atoms with Crippen molar-refractivity contribution >= 4 is 12.3 Å². The Hall–Kier alpha value is -1.10. The second-order valence-electron chi connectivity index (χ2n) is 1.97. The normalized spacial score (nSPS) is 13.0. The molecule has 0 saturated carbocycles. The van der Waals surface area contributed by atoms with Gasteiger partial charge in [-0.3, -0.25) is 0 Å². The number of ether oxygens (including phenoxy) is 1. The lowest BCUT2D eigenvalue weighted by atomic mass is 10.4. The maximum absolute atomic E-state index is 10.5. The first-order valence-electron chi connectivity index (χ1n) is 3.38. The van der Waals surface area contributed by atoms with Crippen molar-refractivity contribution in [1.29, 1.82) is 0 Å². The minimum atomic E-state index is -0.565. The van der Waals surface area contributed by atoms with Crippen LogP contribution in [0.1, 0.15) is 13.8 Å². The number of hydrogen-bond acceptors (Lipinski definition) is 4. The zero-order chi connectivity index (χ0) is 8.69. The van der Waals surface area contributed by atoms with Crippen molar-refractivity contribution in [3.63, 3.8) is 0 Å². The molecule has 0 radical (unpaired) electrons. The van der Waals surface area contributed by atoms with Crippen LogP contribution in [0.25, 0.3) is 0 Å². The predicted molar refractivity (Wildman–Crippen MR) is 42.3 cm³/mol. The molecule has 0 aromatic carbocycles. The summed E-state index contributed by atoms with van der Waals surface area (Å²) in [5, 5.41) is 3.51. The lowest BCUT2D eigenvalue weighted by Gasteiger charge is -1.98. The smallest absolute Gasteiger partial charge is 0.427 e. The largest absolute Gasteiger partial charge is 0.449 e. The summed E-state index contributed by atoms with van der Waals surface area (Å²) in [6, 6.07) is -0.170. The van der Waals surface area contributed by atoms with Crippen LogP contribution < -0.4 is 11.2 Å². The molecule has 0 aliphatic carbocycles. The van der Waals surface area contributed by atoms with Gasteiger partial charge < -0.3 is 10.5 Å². The van der Waals surface area contributed by atoms with Gasteiger partial charge in [-0.2, -0.15) is 5.10 Å². The maximum Gasteiger partial charge on any atom is 0.427 e. The molecular weight excluding hydrogens is 146 g/mol. The van der Waals surface area contributed by atoms with Crippen LogP contribution in [0.15, 0.2) is 5.10 Å². The minimum Gasteiger partial charge on any atom is -0.449 e. The Bertz CT molecular complexity index is 145. The first-order valence-corrected chi connectivity index (χ1v) is 3.38. The summed E-state index contributed by atoms with van der Waals surface area (Å²) in [6.07, 6.45) is 0.848. The number of nitrogens with zero attached hydrogens (tertiary/aromatic N) is 1. The van der Waals surface area contributed by atoms with E-state index in [1.807, 2.05) is 0 Å². The number of carbonyl (C=O) groups is 1. The molecule has 5 nitrogen and oxygen atoms in total. The number of hydrogen-bond donors (Lipinski definition) is 2. The van der Waals surface area contributed by atoms with Crippen LogP contribution in [-0.4, -0.2) is 25.0 Å². The maximum atomic E-state index is 10.5. The second kappa shape index (κ2) is 5.67. The lowest BCUT2D eigenvalue weighted by molar-refractivity contribution is 0.152. The van der Waals surface area contributed by atoms with Crippen LogP contribution in [0.3, 0.4) is 0 Å². The molecule has 0 aromatic rings. The van der Waals surface area contributed by atoms with Gasteiger partial charge in [-0.15, -0.1) is 0 Å². The molecule has 1 unspecified atom stereocenters. The summed E-state index contributed by atoms with van der Waals surface area (Å²) in [7, 11) is 0. The average Bonchev–Trinajstić information content (AvgIpc) is 1.87. The third kappa shape index (κ3) is 6.79. The first-order chi connectivity index (χ1) is 5.16. The van der Waals surface area contributed by atoms with E-state index in [9.17, 15) is 4.79 Å². The summed E-state index contributed by atoms with van der Waals surface area (Å²) < 4.78 is 4.52. The Morgan fingerprint density at radius 2 is 2.55 bits per heavy atom. The van der Waals surface area contributed by atoms with Crippen LogP contribution in [0, 0.1) is 0 Å². The van der Waals surface area contributed by atoms with Gasteiger partial charge in [0.1, 0.15) is 0 Å². The zero-order valence-electron chi connectivity index (χ0n) is 6.70. The molecule has 1 amide bonds. The van der Waals surface area contributed by atoms with E-state index in [-0.39, 0.29) is 6.04 Å².